The second-order valence-electron chi connectivity index (χ2n) is 11.2. The number of fused-ring (bicyclic) bond motifs is 5. The normalized spacial score (nSPS) is 43.1. The lowest BCUT2D eigenvalue weighted by atomic mass is 9.59. The maximum atomic E-state index is 13.1. The van der Waals surface area contributed by atoms with Gasteiger partial charge in [-0.05, 0) is 30.2 Å². The number of Topliss-reactive ketones (excluding diaryl/α,β-unsaturated/α-hetero) is 1. The van der Waals surface area contributed by atoms with Crippen LogP contribution in [0.5, 0.6) is 5.75 Å². The van der Waals surface area contributed by atoms with Crippen LogP contribution in [0.25, 0.3) is 0 Å². The van der Waals surface area contributed by atoms with E-state index in [2.05, 4.69) is 0 Å². The number of benzene rings is 1. The van der Waals surface area contributed by atoms with Crippen molar-refractivity contribution in [1.82, 2.24) is 0 Å². The molecule has 4 aliphatic rings. The van der Waals surface area contributed by atoms with Crippen molar-refractivity contribution < 1.29 is 39.5 Å². The van der Waals surface area contributed by atoms with E-state index in [0.717, 1.165) is 0 Å². The van der Waals surface area contributed by atoms with Crippen LogP contribution in [0, 0.1) is 29.1 Å². The molecular weight excluding hydrogens is 452 g/mol. The summed E-state index contributed by atoms with van der Waals surface area (Å²) in [5, 5.41) is 45.9. The van der Waals surface area contributed by atoms with Crippen LogP contribution in [0.1, 0.15) is 34.1 Å². The van der Waals surface area contributed by atoms with E-state index in [4.69, 9.17) is 9.47 Å². The molecule has 0 aromatic heterocycles. The van der Waals surface area contributed by atoms with Gasteiger partial charge >= 0.3 is 6.16 Å². The van der Waals surface area contributed by atoms with Crippen LogP contribution in [0.15, 0.2) is 53.6 Å². The molecule has 2 fully saturated rings. The molecule has 0 saturated heterocycles. The minimum absolute atomic E-state index is 0.125. The Hall–Kier alpha value is -2.52. The molecular formula is C27H32O8. The second kappa shape index (κ2) is 7.49. The number of ether oxygens (including phenoxy) is 2. The quantitative estimate of drug-likeness (QED) is 0.291. The van der Waals surface area contributed by atoms with Crippen molar-refractivity contribution in [3.05, 3.63) is 53.6 Å². The van der Waals surface area contributed by atoms with E-state index >= 15 is 0 Å². The van der Waals surface area contributed by atoms with Crippen LogP contribution < -0.4 is 4.74 Å². The third-order valence-corrected chi connectivity index (χ3v) is 9.17. The zero-order valence-electron chi connectivity index (χ0n) is 20.3. The molecule has 8 nitrogen and oxygen atoms in total. The highest BCUT2D eigenvalue weighted by atomic mass is 16.7. The summed E-state index contributed by atoms with van der Waals surface area (Å²) in [6, 6.07) is 8.37. The minimum Gasteiger partial charge on any atom is -0.427 e. The molecule has 35 heavy (non-hydrogen) atoms. The molecule has 5 rings (SSSR count). The Balaban J connectivity index is 1.59. The molecule has 2 saturated carbocycles. The molecule has 0 amide bonds. The first-order valence-electron chi connectivity index (χ1n) is 12.0. The van der Waals surface area contributed by atoms with E-state index < -0.39 is 70.5 Å². The first kappa shape index (κ1) is 24.2. The molecule has 8 heteroatoms. The molecule has 4 aliphatic carbocycles. The number of ketones is 1. The summed E-state index contributed by atoms with van der Waals surface area (Å²) < 4.78 is 11.0. The van der Waals surface area contributed by atoms with Crippen LogP contribution in [0.4, 0.5) is 4.79 Å². The highest BCUT2D eigenvalue weighted by Crippen LogP contribution is 2.75. The van der Waals surface area contributed by atoms with Crippen LogP contribution >= 0.6 is 0 Å². The summed E-state index contributed by atoms with van der Waals surface area (Å²) in [6.45, 7) is 6.52. The van der Waals surface area contributed by atoms with Gasteiger partial charge in [0.15, 0.2) is 5.78 Å². The van der Waals surface area contributed by atoms with Crippen molar-refractivity contribution in [2.45, 2.75) is 57.0 Å². The smallest absolute Gasteiger partial charge is 0.427 e. The molecule has 188 valence electrons. The lowest BCUT2D eigenvalue weighted by Crippen LogP contribution is -2.65. The SMILES string of the molecule is CC1=C[C@H]2[C@@]3(O)[C@H](C)[C@@H](OC(=O)Oc4ccccc4)[C@]4(O)[C@@H]([C@@H]3C=C(CO)C[C@]2(O)C1=O)C4(C)C. The van der Waals surface area contributed by atoms with Crippen molar-refractivity contribution in [1.29, 1.82) is 0 Å². The van der Waals surface area contributed by atoms with Crippen LogP contribution in [0.2, 0.25) is 0 Å². The van der Waals surface area contributed by atoms with E-state index in [1.807, 2.05) is 13.8 Å². The Labute approximate surface area is 203 Å². The number of aliphatic hydroxyl groups is 4. The van der Waals surface area contributed by atoms with Crippen LogP contribution in [0.3, 0.4) is 0 Å². The highest BCUT2D eigenvalue weighted by molar-refractivity contribution is 6.04. The van der Waals surface area contributed by atoms with Crippen molar-refractivity contribution in [3.8, 4) is 5.75 Å². The third-order valence-electron chi connectivity index (χ3n) is 9.17. The molecule has 0 heterocycles. The van der Waals surface area contributed by atoms with Gasteiger partial charge in [0.1, 0.15) is 23.1 Å². The summed E-state index contributed by atoms with van der Waals surface area (Å²) >= 11 is 0. The standard InChI is InChI=1S/C27H32O8/c1-14-10-19-25(31,21(14)29)12-16(13-28)11-18-20-24(3,4)27(20,33)22(15(2)26(18,19)32)35-23(30)34-17-8-6-5-7-9-17/h5-11,15,18-20,22,28,31-33H,12-13H2,1-4H3/t15-,18+,19-,20+,22-,25-,26-,27-/m1/s1. The van der Waals surface area contributed by atoms with Gasteiger partial charge in [0.25, 0.3) is 0 Å². The fraction of sp³-hybridized carbons (Fsp3) is 0.556. The van der Waals surface area contributed by atoms with Crippen molar-refractivity contribution in [3.63, 3.8) is 0 Å². The molecule has 0 aliphatic heterocycles. The molecule has 4 N–H and O–H groups in total. The maximum absolute atomic E-state index is 13.1. The lowest BCUT2D eigenvalue weighted by molar-refractivity contribution is -0.211. The Bertz CT molecular complexity index is 1140. The van der Waals surface area contributed by atoms with Crippen molar-refractivity contribution in [2.75, 3.05) is 6.61 Å². The van der Waals surface area contributed by atoms with E-state index in [1.54, 1.807) is 56.3 Å². The first-order valence-corrected chi connectivity index (χ1v) is 12.0. The van der Waals surface area contributed by atoms with E-state index in [1.165, 1.54) is 0 Å². The van der Waals surface area contributed by atoms with Crippen LogP contribution in [-0.4, -0.2) is 61.9 Å². The summed E-state index contributed by atoms with van der Waals surface area (Å²) in [6.07, 6.45) is 0.970. The van der Waals surface area contributed by atoms with Gasteiger partial charge in [0.2, 0.25) is 0 Å². The van der Waals surface area contributed by atoms with Crippen molar-refractivity contribution >= 4 is 11.9 Å². The number of carbonyl (C=O) groups excluding carboxylic acids is 2. The molecule has 1 aromatic carbocycles. The van der Waals surface area contributed by atoms with Crippen LogP contribution in [-0.2, 0) is 9.53 Å². The predicted molar refractivity (Wildman–Crippen MR) is 124 cm³/mol. The zero-order valence-corrected chi connectivity index (χ0v) is 20.3. The fourth-order valence-corrected chi connectivity index (χ4v) is 7.32. The van der Waals surface area contributed by atoms with Gasteiger partial charge in [-0.25, -0.2) is 4.79 Å². The topological polar surface area (TPSA) is 134 Å². The monoisotopic (exact) mass is 484 g/mol. The molecule has 0 spiro atoms. The Kier molecular flexibility index (Phi) is 5.18. The van der Waals surface area contributed by atoms with E-state index in [-0.39, 0.29) is 12.2 Å². The first-order chi connectivity index (χ1) is 16.3. The molecule has 1 aromatic rings. The summed E-state index contributed by atoms with van der Waals surface area (Å²) in [5.41, 5.74) is -5.20. The number of hydrogen-bond donors (Lipinski definition) is 4. The minimum atomic E-state index is -1.94. The second-order valence-corrected chi connectivity index (χ2v) is 11.2. The number of aliphatic hydroxyl groups excluding tert-OH is 1. The van der Waals surface area contributed by atoms with Gasteiger partial charge in [-0.2, -0.15) is 0 Å². The molecule has 8 atom stereocenters. The number of para-hydroxylation sites is 1. The highest BCUT2D eigenvalue weighted by Gasteiger charge is 2.85. The Morgan fingerprint density at radius 2 is 1.77 bits per heavy atom. The Morgan fingerprint density at radius 1 is 1.11 bits per heavy atom. The number of carbonyl (C=O) groups is 2. The van der Waals surface area contributed by atoms with E-state index in [0.29, 0.717) is 11.1 Å². The fourth-order valence-electron chi connectivity index (χ4n) is 7.32. The molecule has 0 unspecified atom stereocenters. The number of rotatable bonds is 3. The Morgan fingerprint density at radius 3 is 2.40 bits per heavy atom. The zero-order chi connectivity index (χ0) is 25.6. The molecule has 0 radical (unpaired) electrons. The van der Waals surface area contributed by atoms with Crippen molar-refractivity contribution in [2.24, 2.45) is 29.1 Å². The average molecular weight is 485 g/mol. The number of hydrogen-bond acceptors (Lipinski definition) is 8. The third kappa shape index (κ3) is 3.00. The summed E-state index contributed by atoms with van der Waals surface area (Å²) in [4.78, 5) is 25.8. The van der Waals surface area contributed by atoms with Gasteiger partial charge in [0.05, 0.1) is 12.2 Å². The van der Waals surface area contributed by atoms with Gasteiger partial charge in [0, 0.05) is 35.5 Å². The van der Waals surface area contributed by atoms with Gasteiger partial charge in [-0.1, -0.05) is 51.1 Å². The largest absolute Gasteiger partial charge is 0.514 e. The molecule has 0 bridgehead atoms. The summed E-state index contributed by atoms with van der Waals surface area (Å²) in [5.74, 6) is -3.38. The maximum Gasteiger partial charge on any atom is 0.514 e. The van der Waals surface area contributed by atoms with Gasteiger partial charge < -0.3 is 29.9 Å². The van der Waals surface area contributed by atoms with Gasteiger partial charge in [-0.15, -0.1) is 0 Å². The lowest BCUT2D eigenvalue weighted by Gasteiger charge is -2.52. The predicted octanol–water partition coefficient (Wildman–Crippen LogP) is 2.15. The average Bonchev–Trinajstić information content (AvgIpc) is 3.20. The summed E-state index contributed by atoms with van der Waals surface area (Å²) in [7, 11) is 0. The van der Waals surface area contributed by atoms with Gasteiger partial charge in [-0.3, -0.25) is 4.79 Å². The van der Waals surface area contributed by atoms with E-state index in [9.17, 15) is 30.0 Å².